The molecular weight excluding hydrogens is 411 g/mol. The minimum atomic E-state index is -1.63. The Morgan fingerprint density at radius 3 is 2.27 bits per heavy atom. The fourth-order valence-electron chi connectivity index (χ4n) is 4.41. The van der Waals surface area contributed by atoms with Gasteiger partial charge in [0.25, 0.3) is 0 Å². The van der Waals surface area contributed by atoms with Crippen molar-refractivity contribution in [3.8, 4) is 0 Å². The van der Waals surface area contributed by atoms with Gasteiger partial charge in [0, 0.05) is 22.4 Å². The smallest absolute Gasteiger partial charge is 0.454 e. The number of hydrogen-bond acceptors (Lipinski definition) is 5. The van der Waals surface area contributed by atoms with Gasteiger partial charge < -0.3 is 14.5 Å². The van der Waals surface area contributed by atoms with Crippen LogP contribution in [0.5, 0.6) is 0 Å². The van der Waals surface area contributed by atoms with E-state index in [-0.39, 0.29) is 0 Å². The predicted octanol–water partition coefficient (Wildman–Crippen LogP) is 5.28. The molecule has 0 fully saturated rings. The molecule has 6 heteroatoms. The van der Waals surface area contributed by atoms with Crippen molar-refractivity contribution in [3.05, 3.63) is 103 Å². The number of pyridine rings is 1. The van der Waals surface area contributed by atoms with Gasteiger partial charge in [-0.1, -0.05) is 66.7 Å². The topological polar surface area (TPSA) is 69.7 Å². The summed E-state index contributed by atoms with van der Waals surface area (Å²) in [4.78, 5) is 6.65. The van der Waals surface area contributed by atoms with E-state index in [1.165, 1.54) is 0 Å². The Hall–Kier alpha value is -4.13. The van der Waals surface area contributed by atoms with Crippen molar-refractivity contribution in [3.63, 3.8) is 0 Å². The van der Waals surface area contributed by atoms with Crippen molar-refractivity contribution in [2.75, 3.05) is 4.90 Å². The molecule has 0 aliphatic rings. The highest BCUT2D eigenvalue weighted by molar-refractivity contribution is 6.59. The van der Waals surface area contributed by atoms with Gasteiger partial charge in [-0.2, -0.15) is 0 Å². The highest BCUT2D eigenvalue weighted by atomic mass is 16.4. The van der Waals surface area contributed by atoms with Crippen LogP contribution in [-0.4, -0.2) is 22.2 Å². The van der Waals surface area contributed by atoms with Crippen molar-refractivity contribution in [1.82, 2.24) is 4.98 Å². The van der Waals surface area contributed by atoms with Crippen molar-refractivity contribution in [2.45, 2.75) is 0 Å². The molecule has 0 saturated carbocycles. The number of nitrogens with zero attached hydrogens (tertiary/aromatic N) is 2. The third kappa shape index (κ3) is 3.24. The molecule has 2 N–H and O–H groups in total. The van der Waals surface area contributed by atoms with E-state index in [1.54, 1.807) is 18.3 Å². The molecule has 0 bridgehead atoms. The normalized spacial score (nSPS) is 11.3. The lowest BCUT2D eigenvalue weighted by atomic mass is 9.79. The van der Waals surface area contributed by atoms with Crippen molar-refractivity contribution in [2.24, 2.45) is 0 Å². The zero-order valence-electron chi connectivity index (χ0n) is 17.6. The molecule has 6 aromatic rings. The van der Waals surface area contributed by atoms with Gasteiger partial charge >= 0.3 is 7.12 Å². The molecule has 2 aromatic heterocycles. The van der Waals surface area contributed by atoms with E-state index in [9.17, 15) is 10.0 Å². The SMILES string of the molecule is OB(O)c1cc(N(c2ccccn2)c2cccc3ccccc23)c2oc3ccccc3c2c1. The fraction of sp³-hybridized carbons (Fsp3) is 0. The van der Waals surface area contributed by atoms with Crippen LogP contribution in [0.2, 0.25) is 0 Å². The molecule has 0 unspecified atom stereocenters. The van der Waals surface area contributed by atoms with Gasteiger partial charge in [-0.25, -0.2) is 4.98 Å². The maximum Gasteiger partial charge on any atom is 0.488 e. The summed E-state index contributed by atoms with van der Waals surface area (Å²) in [5.74, 6) is 0.695. The van der Waals surface area contributed by atoms with Crippen LogP contribution < -0.4 is 10.4 Å². The molecule has 6 rings (SSSR count). The zero-order chi connectivity index (χ0) is 22.4. The van der Waals surface area contributed by atoms with Gasteiger partial charge in [-0.3, -0.25) is 4.90 Å². The van der Waals surface area contributed by atoms with Gasteiger partial charge in [-0.05, 0) is 41.2 Å². The molecule has 158 valence electrons. The maximum atomic E-state index is 10.1. The Kier molecular flexibility index (Phi) is 4.61. The summed E-state index contributed by atoms with van der Waals surface area (Å²) in [6.45, 7) is 0. The lowest BCUT2D eigenvalue weighted by Crippen LogP contribution is -2.30. The molecule has 0 atom stereocenters. The third-order valence-corrected chi connectivity index (χ3v) is 5.91. The lowest BCUT2D eigenvalue weighted by molar-refractivity contribution is 0.426. The van der Waals surface area contributed by atoms with E-state index in [4.69, 9.17) is 4.42 Å². The summed E-state index contributed by atoms with van der Waals surface area (Å²) in [6, 6.07) is 31.3. The van der Waals surface area contributed by atoms with E-state index >= 15 is 0 Å². The van der Waals surface area contributed by atoms with E-state index in [2.05, 4.69) is 23.2 Å². The van der Waals surface area contributed by atoms with Crippen LogP contribution in [0, 0.1) is 0 Å². The number of hydrogen-bond donors (Lipinski definition) is 2. The van der Waals surface area contributed by atoms with E-state index in [0.717, 1.165) is 32.8 Å². The minimum Gasteiger partial charge on any atom is -0.454 e. The van der Waals surface area contributed by atoms with Gasteiger partial charge in [-0.15, -0.1) is 0 Å². The molecule has 4 aromatic carbocycles. The van der Waals surface area contributed by atoms with Crippen LogP contribution in [0.15, 0.2) is 108 Å². The maximum absolute atomic E-state index is 10.1. The second-order valence-corrected chi connectivity index (χ2v) is 7.91. The summed E-state index contributed by atoms with van der Waals surface area (Å²) in [6.07, 6.45) is 1.74. The monoisotopic (exact) mass is 430 g/mol. The predicted molar refractivity (Wildman–Crippen MR) is 134 cm³/mol. The molecule has 0 aliphatic carbocycles. The van der Waals surface area contributed by atoms with E-state index in [0.29, 0.717) is 22.6 Å². The van der Waals surface area contributed by atoms with Gasteiger partial charge in [0.2, 0.25) is 0 Å². The number of anilines is 3. The molecule has 0 saturated heterocycles. The van der Waals surface area contributed by atoms with E-state index in [1.807, 2.05) is 71.6 Å². The molecule has 0 amide bonds. The first-order chi connectivity index (χ1) is 16.2. The first-order valence-corrected chi connectivity index (χ1v) is 10.7. The molecule has 0 aliphatic heterocycles. The molecule has 2 heterocycles. The van der Waals surface area contributed by atoms with Crippen LogP contribution in [0.4, 0.5) is 17.2 Å². The standard InChI is InChI=1S/C27H19BN2O3/c31-28(32)19-16-22-21-11-3-4-13-25(21)33-27(22)24(17-19)30(26-14-5-6-15-29-26)23-12-7-9-18-8-1-2-10-20(18)23/h1-17,31-32H. The number of para-hydroxylation sites is 1. The Bertz CT molecular complexity index is 1610. The van der Waals surface area contributed by atoms with Crippen LogP contribution in [0.3, 0.4) is 0 Å². The minimum absolute atomic E-state index is 0.380. The van der Waals surface area contributed by atoms with E-state index < -0.39 is 7.12 Å². The first-order valence-electron chi connectivity index (χ1n) is 10.7. The second-order valence-electron chi connectivity index (χ2n) is 7.91. The summed E-state index contributed by atoms with van der Waals surface area (Å²) < 4.78 is 6.32. The number of rotatable bonds is 4. The second kappa shape index (κ2) is 7.78. The van der Waals surface area contributed by atoms with Gasteiger partial charge in [0.05, 0.1) is 11.4 Å². The Morgan fingerprint density at radius 1 is 0.697 bits per heavy atom. The van der Waals surface area contributed by atoms with Crippen LogP contribution >= 0.6 is 0 Å². The summed E-state index contributed by atoms with van der Waals surface area (Å²) in [5.41, 5.74) is 3.36. The Morgan fingerprint density at radius 2 is 1.45 bits per heavy atom. The number of furan rings is 1. The number of aromatic nitrogens is 1. The average Bonchev–Trinajstić information content (AvgIpc) is 3.24. The summed E-state index contributed by atoms with van der Waals surface area (Å²) in [5, 5.41) is 24.1. The average molecular weight is 430 g/mol. The van der Waals surface area contributed by atoms with Crippen molar-refractivity contribution < 1.29 is 14.5 Å². The first kappa shape index (κ1) is 19.6. The van der Waals surface area contributed by atoms with Crippen LogP contribution in [-0.2, 0) is 0 Å². The number of fused-ring (bicyclic) bond motifs is 4. The molecule has 5 nitrogen and oxygen atoms in total. The Balaban J connectivity index is 1.74. The quantitative estimate of drug-likeness (QED) is 0.373. The van der Waals surface area contributed by atoms with Crippen LogP contribution in [0.25, 0.3) is 32.7 Å². The largest absolute Gasteiger partial charge is 0.488 e. The number of benzene rings is 4. The Labute approximate surface area is 190 Å². The van der Waals surface area contributed by atoms with Crippen LogP contribution in [0.1, 0.15) is 0 Å². The fourth-order valence-corrected chi connectivity index (χ4v) is 4.41. The van der Waals surface area contributed by atoms with Gasteiger partial charge in [0.15, 0.2) is 5.58 Å². The summed E-state index contributed by atoms with van der Waals surface area (Å²) in [7, 11) is -1.63. The van der Waals surface area contributed by atoms with Crippen molar-refractivity contribution >= 4 is 62.5 Å². The molecule has 0 spiro atoms. The molecule has 0 radical (unpaired) electrons. The third-order valence-electron chi connectivity index (χ3n) is 5.91. The zero-order valence-corrected chi connectivity index (χ0v) is 17.6. The molecular formula is C27H19BN2O3. The highest BCUT2D eigenvalue weighted by Crippen LogP contribution is 2.42. The summed E-state index contributed by atoms with van der Waals surface area (Å²) >= 11 is 0. The molecule has 33 heavy (non-hydrogen) atoms. The highest BCUT2D eigenvalue weighted by Gasteiger charge is 2.24. The lowest BCUT2D eigenvalue weighted by Gasteiger charge is -2.26. The van der Waals surface area contributed by atoms with Gasteiger partial charge in [0.1, 0.15) is 11.4 Å². The van der Waals surface area contributed by atoms with Crippen molar-refractivity contribution in [1.29, 1.82) is 0 Å².